The van der Waals surface area contributed by atoms with E-state index in [0.29, 0.717) is 15.8 Å². The highest BCUT2D eigenvalue weighted by Crippen LogP contribution is 2.31. The molecule has 2 aliphatic rings. The average Bonchev–Trinajstić information content (AvgIpc) is 2.67. The lowest BCUT2D eigenvalue weighted by Gasteiger charge is -2.16. The maximum Gasteiger partial charge on any atom is 0.263 e. The van der Waals surface area contributed by atoms with E-state index < -0.39 is 0 Å². The monoisotopic (exact) mass is 353 g/mol. The van der Waals surface area contributed by atoms with Gasteiger partial charge in [0, 0.05) is 10.0 Å². The quantitative estimate of drug-likeness (QED) is 0.621. The lowest BCUT2D eigenvalue weighted by Crippen LogP contribution is -2.18. The summed E-state index contributed by atoms with van der Waals surface area (Å²) in [5, 5.41) is 2.60. The van der Waals surface area contributed by atoms with E-state index in [1.807, 2.05) is 30.4 Å². The predicted octanol–water partition coefficient (Wildman–Crippen LogP) is 3.26. The van der Waals surface area contributed by atoms with E-state index in [2.05, 4.69) is 21.2 Å². The number of thioether (sulfide) groups is 1. The molecule has 1 N–H and O–H groups in total. The van der Waals surface area contributed by atoms with Gasteiger partial charge in [0.1, 0.15) is 16.7 Å². The third-order valence-electron chi connectivity index (χ3n) is 2.67. The molecule has 0 radical (unpaired) electrons. The molecule has 0 atom stereocenters. The summed E-state index contributed by atoms with van der Waals surface area (Å²) in [7, 11) is 0. The lowest BCUT2D eigenvalue weighted by atomic mass is 10.1. The van der Waals surface area contributed by atoms with Gasteiger partial charge < -0.3 is 10.1 Å². The summed E-state index contributed by atoms with van der Waals surface area (Å²) in [4.78, 5) is 12.2. The van der Waals surface area contributed by atoms with Crippen LogP contribution in [0.4, 0.5) is 0 Å². The van der Waals surface area contributed by atoms with Crippen LogP contribution >= 0.6 is 39.9 Å². The molecule has 0 spiro atoms. The summed E-state index contributed by atoms with van der Waals surface area (Å²) < 4.78 is 7.15. The molecule has 96 valence electrons. The molecule has 1 aromatic carbocycles. The zero-order valence-corrected chi connectivity index (χ0v) is 12.8. The summed E-state index contributed by atoms with van der Waals surface area (Å²) in [6.45, 7) is 0.457. The number of fused-ring (bicyclic) bond motifs is 1. The summed E-state index contributed by atoms with van der Waals surface area (Å²) >= 11 is 9.66. The topological polar surface area (TPSA) is 38.3 Å². The van der Waals surface area contributed by atoms with Gasteiger partial charge >= 0.3 is 0 Å². The number of nitrogens with one attached hydrogen (secondary N) is 1. The van der Waals surface area contributed by atoms with E-state index in [4.69, 9.17) is 17.0 Å². The number of benzene rings is 1. The van der Waals surface area contributed by atoms with Gasteiger partial charge in [0.05, 0.1) is 4.91 Å². The van der Waals surface area contributed by atoms with Gasteiger partial charge in [0.2, 0.25) is 0 Å². The third-order valence-corrected chi connectivity index (χ3v) is 4.32. The number of halogens is 1. The van der Waals surface area contributed by atoms with Crippen molar-refractivity contribution in [2.75, 3.05) is 6.61 Å². The van der Waals surface area contributed by atoms with E-state index >= 15 is 0 Å². The summed E-state index contributed by atoms with van der Waals surface area (Å²) in [5.74, 6) is 0.709. The molecule has 3 rings (SSSR count). The van der Waals surface area contributed by atoms with Crippen LogP contribution in [0, 0.1) is 0 Å². The standard InChI is InChI=1S/C13H8BrNO2S2/c14-9-1-2-10-8(5-9)3-7(6-17-10)4-11-12(16)15-13(18)19-11/h1-5H,6H2,(H,15,16,18)/b11-4-. The van der Waals surface area contributed by atoms with Crippen LogP contribution in [0.2, 0.25) is 0 Å². The number of amides is 1. The summed E-state index contributed by atoms with van der Waals surface area (Å²) in [6.07, 6.45) is 3.84. The number of thiocarbonyl (C=S) groups is 1. The van der Waals surface area contributed by atoms with Crippen molar-refractivity contribution >= 4 is 56.2 Å². The van der Waals surface area contributed by atoms with Crippen molar-refractivity contribution in [2.45, 2.75) is 0 Å². The number of hydrogen-bond donors (Lipinski definition) is 1. The first-order valence-electron chi connectivity index (χ1n) is 5.49. The minimum Gasteiger partial charge on any atom is -0.488 e. The van der Waals surface area contributed by atoms with Gasteiger partial charge in [-0.3, -0.25) is 4.79 Å². The van der Waals surface area contributed by atoms with Crippen LogP contribution in [0.15, 0.2) is 39.2 Å². The third kappa shape index (κ3) is 2.75. The number of rotatable bonds is 1. The van der Waals surface area contributed by atoms with Crippen LogP contribution in [0.3, 0.4) is 0 Å². The Hall–Kier alpha value is -1.11. The molecule has 0 aromatic heterocycles. The smallest absolute Gasteiger partial charge is 0.263 e. The van der Waals surface area contributed by atoms with Gasteiger partial charge in [-0.25, -0.2) is 0 Å². The van der Waals surface area contributed by atoms with Crippen LogP contribution in [0.5, 0.6) is 5.75 Å². The second-order valence-electron chi connectivity index (χ2n) is 4.04. The fraction of sp³-hybridized carbons (Fsp3) is 0.0769. The highest BCUT2D eigenvalue weighted by Gasteiger charge is 2.23. The van der Waals surface area contributed by atoms with E-state index in [1.54, 1.807) is 0 Å². The Bertz CT molecular complexity index is 652. The Morgan fingerprint density at radius 1 is 1.47 bits per heavy atom. The largest absolute Gasteiger partial charge is 0.488 e. The molecule has 1 fully saturated rings. The first-order chi connectivity index (χ1) is 9.11. The number of carbonyl (C=O) groups excluding carboxylic acids is 1. The Labute approximate surface area is 128 Å². The molecular formula is C13H8BrNO2S2. The maximum absolute atomic E-state index is 11.6. The summed E-state index contributed by atoms with van der Waals surface area (Å²) in [6, 6.07) is 5.85. The Kier molecular flexibility index (Phi) is 3.47. The lowest BCUT2D eigenvalue weighted by molar-refractivity contribution is -0.115. The zero-order chi connectivity index (χ0) is 13.4. The molecule has 2 heterocycles. The Morgan fingerprint density at radius 2 is 2.32 bits per heavy atom. The summed E-state index contributed by atoms with van der Waals surface area (Å²) in [5.41, 5.74) is 1.95. The molecular weight excluding hydrogens is 346 g/mol. The van der Waals surface area contributed by atoms with Crippen molar-refractivity contribution < 1.29 is 9.53 Å². The van der Waals surface area contributed by atoms with Crippen LogP contribution in [-0.4, -0.2) is 16.8 Å². The van der Waals surface area contributed by atoms with E-state index in [-0.39, 0.29) is 5.91 Å². The first-order valence-corrected chi connectivity index (χ1v) is 7.51. The first kappa shape index (κ1) is 12.9. The molecule has 1 saturated heterocycles. The van der Waals surface area contributed by atoms with Crippen molar-refractivity contribution in [3.63, 3.8) is 0 Å². The van der Waals surface area contributed by atoms with Crippen LogP contribution in [0.1, 0.15) is 5.56 Å². The predicted molar refractivity (Wildman–Crippen MR) is 84.0 cm³/mol. The number of carbonyl (C=O) groups is 1. The Balaban J connectivity index is 1.93. The average molecular weight is 354 g/mol. The van der Waals surface area contributed by atoms with E-state index in [1.165, 1.54) is 11.8 Å². The van der Waals surface area contributed by atoms with Gasteiger partial charge in [-0.05, 0) is 35.9 Å². The molecule has 6 heteroatoms. The van der Waals surface area contributed by atoms with Gasteiger partial charge in [-0.2, -0.15) is 0 Å². The molecule has 3 nitrogen and oxygen atoms in total. The molecule has 0 bridgehead atoms. The molecule has 0 aliphatic carbocycles. The van der Waals surface area contributed by atoms with Crippen LogP contribution in [0.25, 0.3) is 6.08 Å². The zero-order valence-electron chi connectivity index (χ0n) is 9.60. The van der Waals surface area contributed by atoms with Crippen molar-refractivity contribution in [1.82, 2.24) is 5.32 Å². The molecule has 0 saturated carbocycles. The van der Waals surface area contributed by atoms with Gasteiger partial charge in [-0.1, -0.05) is 39.9 Å². The van der Waals surface area contributed by atoms with Gasteiger partial charge in [-0.15, -0.1) is 0 Å². The molecule has 1 amide bonds. The normalized spacial score (nSPS) is 19.8. The highest BCUT2D eigenvalue weighted by molar-refractivity contribution is 9.10. The van der Waals surface area contributed by atoms with Crippen molar-refractivity contribution in [1.29, 1.82) is 0 Å². The van der Waals surface area contributed by atoms with Crippen molar-refractivity contribution in [3.05, 3.63) is 44.8 Å². The number of ether oxygens (including phenoxy) is 1. The van der Waals surface area contributed by atoms with Crippen LogP contribution < -0.4 is 10.1 Å². The van der Waals surface area contributed by atoms with E-state index in [9.17, 15) is 4.79 Å². The van der Waals surface area contributed by atoms with Crippen molar-refractivity contribution in [2.24, 2.45) is 0 Å². The fourth-order valence-electron chi connectivity index (χ4n) is 1.84. The molecule has 1 aromatic rings. The fourth-order valence-corrected chi connectivity index (χ4v) is 3.28. The molecule has 19 heavy (non-hydrogen) atoms. The van der Waals surface area contributed by atoms with Gasteiger partial charge in [0.15, 0.2) is 0 Å². The van der Waals surface area contributed by atoms with Crippen molar-refractivity contribution in [3.8, 4) is 5.75 Å². The molecule has 0 unspecified atom stereocenters. The second-order valence-corrected chi connectivity index (χ2v) is 6.68. The molecule has 2 aliphatic heterocycles. The SMILES string of the molecule is O=C1NC(=S)S/C1=C\C1=Cc2cc(Br)ccc2OC1. The highest BCUT2D eigenvalue weighted by atomic mass is 79.9. The number of hydrogen-bond acceptors (Lipinski definition) is 4. The van der Waals surface area contributed by atoms with Crippen LogP contribution in [-0.2, 0) is 4.79 Å². The second kappa shape index (κ2) is 5.11. The minimum absolute atomic E-state index is 0.143. The van der Waals surface area contributed by atoms with E-state index in [0.717, 1.165) is 21.4 Å². The maximum atomic E-state index is 11.6. The van der Waals surface area contributed by atoms with Gasteiger partial charge in [0.25, 0.3) is 5.91 Å². The Morgan fingerprint density at radius 3 is 3.05 bits per heavy atom. The minimum atomic E-state index is -0.143.